The van der Waals surface area contributed by atoms with Crippen LogP contribution in [0.1, 0.15) is 17.7 Å². The lowest BCUT2D eigenvalue weighted by atomic mass is 10.0. The molecule has 3 nitrogen and oxygen atoms in total. The Bertz CT molecular complexity index is 866. The normalized spacial score (nSPS) is 10.8. The molecule has 0 radical (unpaired) electrons. The quantitative estimate of drug-likeness (QED) is 0.332. The number of rotatable bonds is 5. The second kappa shape index (κ2) is 7.31. The van der Waals surface area contributed by atoms with E-state index in [1.807, 2.05) is 24.3 Å². The number of unbranched alkanes of at least 4 members (excludes halogenated alkanes) is 1. The van der Waals surface area contributed by atoms with Crippen LogP contribution in [0.2, 0.25) is 5.02 Å². The summed E-state index contributed by atoms with van der Waals surface area (Å²) in [6, 6.07) is 10.1. The van der Waals surface area contributed by atoms with Gasteiger partial charge in [0, 0.05) is 27.6 Å². The first-order chi connectivity index (χ1) is 11.2. The highest BCUT2D eigenvalue weighted by atomic mass is 35.5. The predicted octanol–water partition coefficient (Wildman–Crippen LogP) is 5.72. The van der Waals surface area contributed by atoms with Crippen LogP contribution in [0.4, 0.5) is 0 Å². The molecule has 0 fully saturated rings. The number of nitriles is 1. The Balaban J connectivity index is 2.05. The van der Waals surface area contributed by atoms with Crippen molar-refractivity contribution in [1.29, 1.82) is 5.26 Å². The summed E-state index contributed by atoms with van der Waals surface area (Å²) in [5.74, 6) is 0.884. The van der Waals surface area contributed by atoms with Crippen molar-refractivity contribution in [1.82, 2.24) is 9.97 Å². The summed E-state index contributed by atoms with van der Waals surface area (Å²) in [6.45, 7) is 2.11. The summed E-state index contributed by atoms with van der Waals surface area (Å²) in [5, 5.41) is 11.5. The lowest BCUT2D eigenvalue weighted by molar-refractivity contribution is 0.977. The molecule has 0 aliphatic carbocycles. The van der Waals surface area contributed by atoms with Gasteiger partial charge in [-0.05, 0) is 31.0 Å². The van der Waals surface area contributed by atoms with Crippen molar-refractivity contribution in [3.63, 3.8) is 0 Å². The van der Waals surface area contributed by atoms with Crippen LogP contribution >= 0.6 is 34.7 Å². The number of nitrogens with zero attached hydrogens (tertiary/aromatic N) is 3. The van der Waals surface area contributed by atoms with Crippen molar-refractivity contribution in [3.05, 3.63) is 40.5 Å². The summed E-state index contributed by atoms with van der Waals surface area (Å²) >= 11 is 9.39. The van der Waals surface area contributed by atoms with E-state index in [0.29, 0.717) is 6.42 Å². The first kappa shape index (κ1) is 16.3. The fraction of sp³-hybridized carbons (Fsp3) is 0.235. The van der Waals surface area contributed by atoms with E-state index in [1.54, 1.807) is 29.4 Å². The Hall–Kier alpha value is -1.61. The van der Waals surface area contributed by atoms with Crippen LogP contribution in [0.15, 0.2) is 35.6 Å². The minimum Gasteiger partial charge on any atom is -0.229 e. The average Bonchev–Trinajstić information content (AvgIpc) is 2.89. The first-order valence-corrected chi connectivity index (χ1v) is 9.38. The number of aromatic nitrogens is 2. The molecule has 0 aliphatic rings. The third kappa shape index (κ3) is 3.50. The number of thioether (sulfide) groups is 1. The summed E-state index contributed by atoms with van der Waals surface area (Å²) in [4.78, 5) is 11.1. The van der Waals surface area contributed by atoms with E-state index in [0.717, 1.165) is 38.0 Å². The van der Waals surface area contributed by atoms with Gasteiger partial charge in [0.1, 0.15) is 16.2 Å². The molecule has 0 aliphatic heterocycles. The lowest BCUT2D eigenvalue weighted by Gasteiger charge is -2.06. The third-order valence-corrected chi connectivity index (χ3v) is 5.78. The van der Waals surface area contributed by atoms with Crippen LogP contribution in [0.3, 0.4) is 0 Å². The molecule has 2 heterocycles. The number of fused-ring (bicyclic) bond motifs is 1. The molecule has 0 atom stereocenters. The number of hydrogen-bond acceptors (Lipinski definition) is 5. The van der Waals surface area contributed by atoms with Crippen molar-refractivity contribution in [3.8, 4) is 17.2 Å². The zero-order valence-corrected chi connectivity index (χ0v) is 14.9. The zero-order chi connectivity index (χ0) is 16.2. The van der Waals surface area contributed by atoms with Crippen LogP contribution < -0.4 is 0 Å². The number of benzene rings is 1. The Morgan fingerprint density at radius 3 is 2.78 bits per heavy atom. The van der Waals surface area contributed by atoms with Gasteiger partial charge < -0.3 is 0 Å². The van der Waals surface area contributed by atoms with Crippen molar-refractivity contribution in [2.75, 3.05) is 5.75 Å². The van der Waals surface area contributed by atoms with Crippen LogP contribution in [0, 0.1) is 18.3 Å². The first-order valence-electron chi connectivity index (χ1n) is 7.20. The van der Waals surface area contributed by atoms with Gasteiger partial charge in [-0.2, -0.15) is 5.26 Å². The second-order valence-electron chi connectivity index (χ2n) is 5.01. The molecule has 116 valence electrons. The van der Waals surface area contributed by atoms with E-state index in [1.165, 1.54) is 10.4 Å². The minimum atomic E-state index is 0.577. The fourth-order valence-corrected chi connectivity index (χ4v) is 4.56. The molecular weight excluding hydrogens is 346 g/mol. The van der Waals surface area contributed by atoms with Crippen LogP contribution in [0.25, 0.3) is 21.3 Å². The number of halogens is 1. The molecule has 0 amide bonds. The van der Waals surface area contributed by atoms with E-state index < -0.39 is 0 Å². The van der Waals surface area contributed by atoms with Crippen molar-refractivity contribution in [2.45, 2.75) is 24.8 Å². The van der Waals surface area contributed by atoms with Gasteiger partial charge in [-0.25, -0.2) is 9.97 Å². The van der Waals surface area contributed by atoms with Crippen molar-refractivity contribution in [2.24, 2.45) is 0 Å². The van der Waals surface area contributed by atoms with Gasteiger partial charge in [0.2, 0.25) is 0 Å². The number of thiophene rings is 1. The predicted molar refractivity (Wildman–Crippen MR) is 98.2 cm³/mol. The van der Waals surface area contributed by atoms with Gasteiger partial charge in [0.25, 0.3) is 0 Å². The molecular formula is C17H14ClN3S2. The summed E-state index contributed by atoms with van der Waals surface area (Å²) in [7, 11) is 0. The summed E-state index contributed by atoms with van der Waals surface area (Å²) in [6.07, 6.45) is 3.07. The Kier molecular flexibility index (Phi) is 5.16. The molecule has 3 rings (SSSR count). The molecule has 0 N–H and O–H groups in total. The van der Waals surface area contributed by atoms with Gasteiger partial charge in [0.05, 0.1) is 11.5 Å². The number of aryl methyl sites for hydroxylation is 1. The Morgan fingerprint density at radius 1 is 1.26 bits per heavy atom. The van der Waals surface area contributed by atoms with E-state index in [-0.39, 0.29) is 0 Å². The largest absolute Gasteiger partial charge is 0.229 e. The highest BCUT2D eigenvalue weighted by Gasteiger charge is 2.16. The van der Waals surface area contributed by atoms with E-state index in [4.69, 9.17) is 16.9 Å². The van der Waals surface area contributed by atoms with E-state index in [2.05, 4.69) is 23.0 Å². The van der Waals surface area contributed by atoms with Crippen LogP contribution in [0.5, 0.6) is 0 Å². The third-order valence-electron chi connectivity index (χ3n) is 3.43. The standard InChI is InChI=1S/C17H14ClN3S2/c1-11-14(12-4-6-13(18)7-5-12)15-16(22-9-3-2-8-19)20-10-21-17(15)23-11/h4-7,10H,2-3,9H2,1H3. The van der Waals surface area contributed by atoms with Gasteiger partial charge in [0.15, 0.2) is 0 Å². The number of hydrogen-bond donors (Lipinski definition) is 0. The van der Waals surface area contributed by atoms with Gasteiger partial charge in [-0.15, -0.1) is 23.1 Å². The molecule has 23 heavy (non-hydrogen) atoms. The zero-order valence-electron chi connectivity index (χ0n) is 12.5. The summed E-state index contributed by atoms with van der Waals surface area (Å²) < 4.78 is 0. The lowest BCUT2D eigenvalue weighted by Crippen LogP contribution is -1.88. The van der Waals surface area contributed by atoms with Crippen LogP contribution in [-0.2, 0) is 0 Å². The molecule has 2 aromatic heterocycles. The maximum Gasteiger partial charge on any atom is 0.128 e. The molecule has 0 saturated heterocycles. The van der Waals surface area contributed by atoms with Gasteiger partial charge >= 0.3 is 0 Å². The van der Waals surface area contributed by atoms with E-state index in [9.17, 15) is 0 Å². The SMILES string of the molecule is Cc1sc2ncnc(SCCCC#N)c2c1-c1ccc(Cl)cc1. The smallest absolute Gasteiger partial charge is 0.128 e. The average molecular weight is 360 g/mol. The monoisotopic (exact) mass is 359 g/mol. The maximum absolute atomic E-state index is 8.66. The van der Waals surface area contributed by atoms with Crippen molar-refractivity contribution >= 4 is 44.9 Å². The molecule has 0 saturated carbocycles. The van der Waals surface area contributed by atoms with Gasteiger partial charge in [-0.1, -0.05) is 23.7 Å². The maximum atomic E-state index is 8.66. The molecule has 6 heteroatoms. The van der Waals surface area contributed by atoms with Crippen LogP contribution in [-0.4, -0.2) is 15.7 Å². The minimum absolute atomic E-state index is 0.577. The molecule has 1 aromatic carbocycles. The molecule has 0 unspecified atom stereocenters. The molecule has 0 bridgehead atoms. The highest BCUT2D eigenvalue weighted by molar-refractivity contribution is 7.99. The fourth-order valence-electron chi connectivity index (χ4n) is 2.41. The highest BCUT2D eigenvalue weighted by Crippen LogP contribution is 2.41. The molecule has 3 aromatic rings. The molecule has 0 spiro atoms. The Labute approximate surface area is 148 Å². The van der Waals surface area contributed by atoms with Crippen molar-refractivity contribution < 1.29 is 0 Å². The topological polar surface area (TPSA) is 49.6 Å². The summed E-state index contributed by atoms with van der Waals surface area (Å²) in [5.41, 5.74) is 2.32. The second-order valence-corrected chi connectivity index (χ2v) is 7.73. The Morgan fingerprint density at radius 2 is 2.04 bits per heavy atom. The van der Waals surface area contributed by atoms with E-state index >= 15 is 0 Å². The van der Waals surface area contributed by atoms with Gasteiger partial charge in [-0.3, -0.25) is 0 Å².